The second-order valence-corrected chi connectivity index (χ2v) is 6.01. The third-order valence-corrected chi connectivity index (χ3v) is 4.19. The fourth-order valence-corrected chi connectivity index (χ4v) is 2.92. The quantitative estimate of drug-likeness (QED) is 0.820. The molecule has 0 aliphatic rings. The van der Waals surface area contributed by atoms with E-state index in [4.69, 9.17) is 21.9 Å². The molecule has 3 N–H and O–H groups in total. The minimum absolute atomic E-state index is 0.0947. The van der Waals surface area contributed by atoms with Crippen LogP contribution >= 0.6 is 11.6 Å². The highest BCUT2D eigenvalue weighted by Crippen LogP contribution is 2.26. The number of halogens is 2. The number of aromatic nitrogens is 2. The van der Waals surface area contributed by atoms with Crippen molar-refractivity contribution in [3.63, 3.8) is 0 Å². The van der Waals surface area contributed by atoms with E-state index in [2.05, 4.69) is 14.9 Å². The molecule has 0 unspecified atom stereocenters. The van der Waals surface area contributed by atoms with E-state index in [1.54, 1.807) is 6.92 Å². The number of aryl methyl sites for hydroxylation is 1. The van der Waals surface area contributed by atoms with Crippen molar-refractivity contribution in [2.24, 2.45) is 0 Å². The lowest BCUT2D eigenvalue weighted by Crippen LogP contribution is -2.24. The Morgan fingerprint density at radius 1 is 1.50 bits per heavy atom. The van der Waals surface area contributed by atoms with E-state index in [-0.39, 0.29) is 28.0 Å². The first-order valence-electron chi connectivity index (χ1n) is 5.33. The molecule has 7 nitrogen and oxygen atoms in total. The SMILES string of the molecule is Cc1noc(CNS(=O)(=O)c2cc(N)c(F)cc2Cl)n1. The summed E-state index contributed by atoms with van der Waals surface area (Å²) in [7, 11) is -3.98. The summed E-state index contributed by atoms with van der Waals surface area (Å²) in [4.78, 5) is 3.51. The third-order valence-electron chi connectivity index (χ3n) is 2.32. The summed E-state index contributed by atoms with van der Waals surface area (Å²) in [6.45, 7) is 1.38. The van der Waals surface area contributed by atoms with Gasteiger partial charge in [0.15, 0.2) is 5.82 Å². The summed E-state index contributed by atoms with van der Waals surface area (Å²) in [5, 5.41) is 3.24. The van der Waals surface area contributed by atoms with Crippen molar-refractivity contribution < 1.29 is 17.3 Å². The summed E-state index contributed by atoms with van der Waals surface area (Å²) in [6, 6.07) is 1.78. The molecule has 1 aromatic heterocycles. The van der Waals surface area contributed by atoms with Gasteiger partial charge in [0.1, 0.15) is 10.7 Å². The number of sulfonamides is 1. The van der Waals surface area contributed by atoms with Crippen LogP contribution in [0.1, 0.15) is 11.7 Å². The Labute approximate surface area is 119 Å². The van der Waals surface area contributed by atoms with E-state index in [9.17, 15) is 12.8 Å². The largest absolute Gasteiger partial charge is 0.396 e. The molecule has 2 aromatic rings. The maximum atomic E-state index is 13.1. The smallest absolute Gasteiger partial charge is 0.242 e. The monoisotopic (exact) mass is 320 g/mol. The number of anilines is 1. The molecule has 2 rings (SSSR count). The first-order chi connectivity index (χ1) is 9.29. The van der Waals surface area contributed by atoms with Gasteiger partial charge in [0.25, 0.3) is 0 Å². The van der Waals surface area contributed by atoms with Crippen LogP contribution in [-0.2, 0) is 16.6 Å². The Morgan fingerprint density at radius 3 is 2.80 bits per heavy atom. The van der Waals surface area contributed by atoms with Crippen LogP contribution in [0.2, 0.25) is 5.02 Å². The molecular formula is C10H10ClFN4O3S. The molecule has 0 aliphatic heterocycles. The number of nitrogen functional groups attached to an aromatic ring is 1. The minimum atomic E-state index is -3.98. The maximum Gasteiger partial charge on any atom is 0.242 e. The molecule has 0 saturated carbocycles. The van der Waals surface area contributed by atoms with Crippen molar-refractivity contribution in [3.8, 4) is 0 Å². The maximum absolute atomic E-state index is 13.1. The molecule has 0 saturated heterocycles. The highest BCUT2D eigenvalue weighted by Gasteiger charge is 2.20. The predicted molar refractivity (Wildman–Crippen MR) is 68.9 cm³/mol. The van der Waals surface area contributed by atoms with E-state index in [0.717, 1.165) is 12.1 Å². The lowest BCUT2D eigenvalue weighted by molar-refractivity contribution is 0.372. The van der Waals surface area contributed by atoms with Crippen molar-refractivity contribution in [1.82, 2.24) is 14.9 Å². The summed E-state index contributed by atoms with van der Waals surface area (Å²) in [5.41, 5.74) is 5.01. The Morgan fingerprint density at radius 2 is 2.20 bits per heavy atom. The lowest BCUT2D eigenvalue weighted by atomic mass is 10.3. The molecule has 1 aromatic carbocycles. The molecule has 0 bridgehead atoms. The van der Waals surface area contributed by atoms with E-state index < -0.39 is 15.8 Å². The molecule has 0 aliphatic carbocycles. The van der Waals surface area contributed by atoms with Crippen molar-refractivity contribution in [3.05, 3.63) is 34.7 Å². The third kappa shape index (κ3) is 3.06. The van der Waals surface area contributed by atoms with Gasteiger partial charge in [0, 0.05) is 0 Å². The Hall–Kier alpha value is -1.71. The highest BCUT2D eigenvalue weighted by molar-refractivity contribution is 7.89. The first-order valence-corrected chi connectivity index (χ1v) is 7.19. The van der Waals surface area contributed by atoms with Crippen LogP contribution in [0.4, 0.5) is 10.1 Å². The topological polar surface area (TPSA) is 111 Å². The summed E-state index contributed by atoms with van der Waals surface area (Å²) in [6.07, 6.45) is 0. The van der Waals surface area contributed by atoms with Gasteiger partial charge in [-0.2, -0.15) is 4.98 Å². The molecule has 0 amide bonds. The Bertz CT molecular complexity index is 747. The number of rotatable bonds is 4. The van der Waals surface area contributed by atoms with Gasteiger partial charge in [0.2, 0.25) is 15.9 Å². The molecule has 0 radical (unpaired) electrons. The van der Waals surface area contributed by atoms with Gasteiger partial charge in [-0.15, -0.1) is 0 Å². The first kappa shape index (κ1) is 14.7. The average molecular weight is 321 g/mol. The molecule has 108 valence electrons. The molecule has 1 heterocycles. The van der Waals surface area contributed by atoms with E-state index >= 15 is 0 Å². The zero-order chi connectivity index (χ0) is 14.9. The van der Waals surface area contributed by atoms with Crippen LogP contribution < -0.4 is 10.5 Å². The standard InChI is InChI=1S/C10H10ClFN4O3S/c1-5-15-10(19-16-5)4-14-20(17,18)9-3-8(13)7(12)2-6(9)11/h2-3,14H,4,13H2,1H3. The van der Waals surface area contributed by atoms with E-state index in [1.165, 1.54) is 0 Å². The second-order valence-electron chi connectivity index (χ2n) is 3.86. The van der Waals surface area contributed by atoms with E-state index in [0.29, 0.717) is 5.82 Å². The number of benzene rings is 1. The van der Waals surface area contributed by atoms with E-state index in [1.807, 2.05) is 0 Å². The van der Waals surface area contributed by atoms with Gasteiger partial charge < -0.3 is 10.3 Å². The number of nitrogens with zero attached hydrogens (tertiary/aromatic N) is 2. The van der Waals surface area contributed by atoms with Gasteiger partial charge in [-0.25, -0.2) is 17.5 Å². The number of hydrogen-bond acceptors (Lipinski definition) is 6. The number of hydrogen-bond donors (Lipinski definition) is 2. The molecule has 0 spiro atoms. The van der Waals surface area contributed by atoms with Crippen LogP contribution in [0.15, 0.2) is 21.6 Å². The number of nitrogens with one attached hydrogen (secondary N) is 1. The molecule has 20 heavy (non-hydrogen) atoms. The lowest BCUT2D eigenvalue weighted by Gasteiger charge is -2.08. The molecule has 10 heteroatoms. The van der Waals surface area contributed by atoms with Crippen LogP contribution in [0.3, 0.4) is 0 Å². The summed E-state index contributed by atoms with van der Waals surface area (Å²) in [5.74, 6) is -0.318. The highest BCUT2D eigenvalue weighted by atomic mass is 35.5. The van der Waals surface area contributed by atoms with Crippen molar-refractivity contribution in [1.29, 1.82) is 0 Å². The second kappa shape index (κ2) is 5.35. The summed E-state index contributed by atoms with van der Waals surface area (Å²) >= 11 is 5.71. The minimum Gasteiger partial charge on any atom is -0.396 e. The zero-order valence-corrected chi connectivity index (χ0v) is 11.8. The normalized spacial score (nSPS) is 11.8. The molecule has 0 fully saturated rings. The Balaban J connectivity index is 2.24. The van der Waals surface area contributed by atoms with Crippen LogP contribution in [0, 0.1) is 12.7 Å². The fourth-order valence-electron chi connectivity index (χ4n) is 1.40. The molecular weight excluding hydrogens is 311 g/mol. The van der Waals surface area contributed by atoms with Crippen molar-refractivity contribution in [2.45, 2.75) is 18.4 Å². The van der Waals surface area contributed by atoms with Gasteiger partial charge in [-0.1, -0.05) is 16.8 Å². The summed E-state index contributed by atoms with van der Waals surface area (Å²) < 4.78 is 44.2. The van der Waals surface area contributed by atoms with Gasteiger partial charge in [-0.3, -0.25) is 0 Å². The van der Waals surface area contributed by atoms with Crippen molar-refractivity contribution in [2.75, 3.05) is 5.73 Å². The number of nitrogens with two attached hydrogens (primary N) is 1. The van der Waals surface area contributed by atoms with Crippen molar-refractivity contribution >= 4 is 27.3 Å². The zero-order valence-electron chi connectivity index (χ0n) is 10.2. The fraction of sp³-hybridized carbons (Fsp3) is 0.200. The van der Waals surface area contributed by atoms with Gasteiger partial charge in [-0.05, 0) is 19.1 Å². The van der Waals surface area contributed by atoms with Gasteiger partial charge >= 0.3 is 0 Å². The van der Waals surface area contributed by atoms with Crippen LogP contribution in [0.25, 0.3) is 0 Å². The van der Waals surface area contributed by atoms with Gasteiger partial charge in [0.05, 0.1) is 17.3 Å². The average Bonchev–Trinajstić information content (AvgIpc) is 2.77. The Kier molecular flexibility index (Phi) is 3.93. The predicted octanol–water partition coefficient (Wildman–Crippen LogP) is 1.23. The molecule has 0 atom stereocenters. The van der Waals surface area contributed by atoms with Crippen LogP contribution in [0.5, 0.6) is 0 Å². The van der Waals surface area contributed by atoms with Crippen LogP contribution in [-0.4, -0.2) is 18.6 Å².